The van der Waals surface area contributed by atoms with Crippen LogP contribution in [0.2, 0.25) is 0 Å². The number of rotatable bonds is 1. The summed E-state index contributed by atoms with van der Waals surface area (Å²) in [6.07, 6.45) is 0.337. The standard InChI is InChI=1S/C14H14N2O3S2/c1-8-15-11-3-2-10(5-13(11)20-8)16-12-7-21(18,19)6-9(12)4-14(16)17/h2-3,5,9,12H,4,6-7H2,1H3/t9-,12+/m0/s1. The highest BCUT2D eigenvalue weighted by Gasteiger charge is 2.49. The van der Waals surface area contributed by atoms with Gasteiger partial charge in [-0.3, -0.25) is 4.79 Å². The van der Waals surface area contributed by atoms with E-state index in [1.54, 1.807) is 16.2 Å². The smallest absolute Gasteiger partial charge is 0.227 e. The van der Waals surface area contributed by atoms with Crippen LogP contribution in [-0.4, -0.2) is 36.9 Å². The molecule has 21 heavy (non-hydrogen) atoms. The molecule has 2 fully saturated rings. The van der Waals surface area contributed by atoms with Crippen molar-refractivity contribution in [3.8, 4) is 0 Å². The van der Waals surface area contributed by atoms with Gasteiger partial charge in [-0.05, 0) is 25.1 Å². The predicted molar refractivity (Wildman–Crippen MR) is 82.4 cm³/mol. The zero-order chi connectivity index (χ0) is 14.8. The number of amides is 1. The molecule has 7 heteroatoms. The lowest BCUT2D eigenvalue weighted by molar-refractivity contribution is -0.117. The van der Waals surface area contributed by atoms with Gasteiger partial charge in [0.05, 0.1) is 32.8 Å². The summed E-state index contributed by atoms with van der Waals surface area (Å²) in [6.45, 7) is 1.95. The van der Waals surface area contributed by atoms with E-state index in [0.717, 1.165) is 20.9 Å². The minimum absolute atomic E-state index is 0.0282. The van der Waals surface area contributed by atoms with Gasteiger partial charge in [-0.2, -0.15) is 0 Å². The van der Waals surface area contributed by atoms with Crippen LogP contribution in [0.25, 0.3) is 10.2 Å². The number of anilines is 1. The van der Waals surface area contributed by atoms with Gasteiger partial charge in [0, 0.05) is 18.0 Å². The number of hydrogen-bond donors (Lipinski definition) is 0. The van der Waals surface area contributed by atoms with E-state index in [9.17, 15) is 13.2 Å². The van der Waals surface area contributed by atoms with E-state index >= 15 is 0 Å². The first-order valence-corrected chi connectivity index (χ1v) is 9.46. The van der Waals surface area contributed by atoms with E-state index in [1.165, 1.54) is 0 Å². The number of sulfone groups is 1. The molecule has 2 aromatic rings. The largest absolute Gasteiger partial charge is 0.308 e. The molecule has 0 saturated carbocycles. The number of carbonyl (C=O) groups excluding carboxylic acids is 1. The second-order valence-electron chi connectivity index (χ2n) is 5.76. The van der Waals surface area contributed by atoms with Crippen molar-refractivity contribution in [1.29, 1.82) is 0 Å². The normalized spacial score (nSPS) is 27.5. The number of thiazole rings is 1. The molecule has 5 nitrogen and oxygen atoms in total. The van der Waals surface area contributed by atoms with E-state index in [-0.39, 0.29) is 29.4 Å². The summed E-state index contributed by atoms with van der Waals surface area (Å²) in [5.74, 6) is 0.201. The average Bonchev–Trinajstić information content (AvgIpc) is 2.96. The Hall–Kier alpha value is -1.47. The van der Waals surface area contributed by atoms with E-state index in [4.69, 9.17) is 0 Å². The molecular weight excluding hydrogens is 308 g/mol. The summed E-state index contributed by atoms with van der Waals surface area (Å²) in [4.78, 5) is 18.4. The molecule has 1 aromatic heterocycles. The van der Waals surface area contributed by atoms with Crippen LogP contribution in [0, 0.1) is 12.8 Å². The SMILES string of the molecule is Cc1nc2ccc(N3C(=O)C[C@H]4CS(=O)(=O)C[C@H]43)cc2s1. The fourth-order valence-electron chi connectivity index (χ4n) is 3.40. The maximum Gasteiger partial charge on any atom is 0.227 e. The number of aryl methyl sites for hydroxylation is 1. The summed E-state index contributed by atoms with van der Waals surface area (Å²) in [6, 6.07) is 5.52. The third kappa shape index (κ3) is 2.06. The van der Waals surface area contributed by atoms with Gasteiger partial charge in [-0.1, -0.05) is 0 Å². The van der Waals surface area contributed by atoms with Gasteiger partial charge in [0.15, 0.2) is 9.84 Å². The molecule has 110 valence electrons. The Labute approximate surface area is 126 Å². The van der Waals surface area contributed by atoms with Gasteiger partial charge < -0.3 is 4.90 Å². The van der Waals surface area contributed by atoms with Gasteiger partial charge in [0.1, 0.15) is 0 Å². The van der Waals surface area contributed by atoms with Gasteiger partial charge >= 0.3 is 0 Å². The third-order valence-corrected chi connectivity index (χ3v) is 6.95. The van der Waals surface area contributed by atoms with Crippen LogP contribution in [0.5, 0.6) is 0 Å². The predicted octanol–water partition coefficient (Wildman–Crippen LogP) is 1.75. The fourth-order valence-corrected chi connectivity index (χ4v) is 6.33. The number of carbonyl (C=O) groups is 1. The van der Waals surface area contributed by atoms with E-state index in [1.807, 2.05) is 25.1 Å². The van der Waals surface area contributed by atoms with E-state index in [0.29, 0.717) is 6.42 Å². The van der Waals surface area contributed by atoms with Crippen molar-refractivity contribution in [2.24, 2.45) is 5.92 Å². The summed E-state index contributed by atoms with van der Waals surface area (Å²) in [5, 5.41) is 0.983. The Morgan fingerprint density at radius 2 is 2.14 bits per heavy atom. The molecule has 4 rings (SSSR count). The quantitative estimate of drug-likeness (QED) is 0.802. The maximum absolute atomic E-state index is 12.3. The van der Waals surface area contributed by atoms with Crippen molar-refractivity contribution in [1.82, 2.24) is 4.98 Å². The minimum atomic E-state index is -3.01. The Morgan fingerprint density at radius 1 is 1.33 bits per heavy atom. The molecule has 2 aliphatic heterocycles. The first-order valence-electron chi connectivity index (χ1n) is 6.83. The van der Waals surface area contributed by atoms with Crippen molar-refractivity contribution in [3.63, 3.8) is 0 Å². The molecule has 0 radical (unpaired) electrons. The first-order chi connectivity index (χ1) is 9.93. The number of nitrogens with zero attached hydrogens (tertiary/aromatic N) is 2. The Bertz CT molecular complexity index is 856. The number of benzene rings is 1. The van der Waals surface area contributed by atoms with E-state index in [2.05, 4.69) is 4.98 Å². The minimum Gasteiger partial charge on any atom is -0.308 e. The highest BCUT2D eigenvalue weighted by molar-refractivity contribution is 7.91. The van der Waals surface area contributed by atoms with Crippen molar-refractivity contribution in [3.05, 3.63) is 23.2 Å². The number of hydrogen-bond acceptors (Lipinski definition) is 5. The second-order valence-corrected chi connectivity index (χ2v) is 9.15. The Morgan fingerprint density at radius 3 is 2.95 bits per heavy atom. The lowest BCUT2D eigenvalue weighted by Crippen LogP contribution is -2.36. The lowest BCUT2D eigenvalue weighted by atomic mass is 10.0. The zero-order valence-electron chi connectivity index (χ0n) is 11.4. The summed E-state index contributed by atoms with van der Waals surface area (Å²) in [5.41, 5.74) is 1.71. The van der Waals surface area contributed by atoms with Crippen molar-refractivity contribution in [2.75, 3.05) is 16.4 Å². The maximum atomic E-state index is 12.3. The third-order valence-electron chi connectivity index (χ3n) is 4.23. The second kappa shape index (κ2) is 4.27. The van der Waals surface area contributed by atoms with Crippen molar-refractivity contribution in [2.45, 2.75) is 19.4 Å². The molecule has 0 aliphatic carbocycles. The summed E-state index contributed by atoms with van der Waals surface area (Å²) >= 11 is 1.58. The summed E-state index contributed by atoms with van der Waals surface area (Å²) < 4.78 is 24.6. The number of aromatic nitrogens is 1. The summed E-state index contributed by atoms with van der Waals surface area (Å²) in [7, 11) is -3.01. The molecule has 3 heterocycles. The Kier molecular flexibility index (Phi) is 2.68. The molecule has 0 unspecified atom stereocenters. The molecular formula is C14H14N2O3S2. The average molecular weight is 322 g/mol. The van der Waals surface area contributed by atoms with Gasteiger partial charge in [0.2, 0.25) is 5.91 Å². The first kappa shape index (κ1) is 13.2. The molecule has 0 bridgehead atoms. The van der Waals surface area contributed by atoms with Crippen LogP contribution in [0.4, 0.5) is 5.69 Å². The van der Waals surface area contributed by atoms with Crippen LogP contribution >= 0.6 is 11.3 Å². The molecule has 2 atom stereocenters. The molecule has 2 aliphatic rings. The van der Waals surface area contributed by atoms with Crippen LogP contribution in [-0.2, 0) is 14.6 Å². The van der Waals surface area contributed by atoms with Gasteiger partial charge in [0.25, 0.3) is 0 Å². The van der Waals surface area contributed by atoms with Gasteiger partial charge in [-0.15, -0.1) is 11.3 Å². The van der Waals surface area contributed by atoms with Crippen LogP contribution in [0.1, 0.15) is 11.4 Å². The highest BCUT2D eigenvalue weighted by atomic mass is 32.2. The van der Waals surface area contributed by atoms with Crippen LogP contribution in [0.15, 0.2) is 18.2 Å². The molecule has 1 aromatic carbocycles. The van der Waals surface area contributed by atoms with Crippen LogP contribution < -0.4 is 4.90 Å². The number of fused-ring (bicyclic) bond motifs is 2. The fraction of sp³-hybridized carbons (Fsp3) is 0.429. The Balaban J connectivity index is 1.78. The topological polar surface area (TPSA) is 67.3 Å². The molecule has 0 N–H and O–H groups in total. The zero-order valence-corrected chi connectivity index (χ0v) is 13.1. The lowest BCUT2D eigenvalue weighted by Gasteiger charge is -2.23. The van der Waals surface area contributed by atoms with Crippen LogP contribution in [0.3, 0.4) is 0 Å². The molecule has 0 spiro atoms. The highest BCUT2D eigenvalue weighted by Crippen LogP contribution is 2.38. The van der Waals surface area contributed by atoms with Crippen molar-refractivity contribution >= 4 is 43.0 Å². The molecule has 1 amide bonds. The van der Waals surface area contributed by atoms with E-state index < -0.39 is 9.84 Å². The van der Waals surface area contributed by atoms with Gasteiger partial charge in [-0.25, -0.2) is 13.4 Å². The molecule has 2 saturated heterocycles. The monoisotopic (exact) mass is 322 g/mol. The van der Waals surface area contributed by atoms with Crippen molar-refractivity contribution < 1.29 is 13.2 Å².